The van der Waals surface area contributed by atoms with Gasteiger partial charge < -0.3 is 5.32 Å². The van der Waals surface area contributed by atoms with E-state index in [2.05, 4.69) is 21.2 Å². The lowest BCUT2D eigenvalue weighted by Crippen LogP contribution is -2.41. The van der Waals surface area contributed by atoms with Crippen LogP contribution in [0, 0.1) is 6.92 Å². The normalized spacial score (nSPS) is 11.9. The Balaban J connectivity index is 2.78. The summed E-state index contributed by atoms with van der Waals surface area (Å²) in [4.78, 5) is 11.9. The number of nitrogens with zero attached hydrogens (tertiary/aromatic N) is 1. The van der Waals surface area contributed by atoms with Crippen molar-refractivity contribution in [2.75, 3.05) is 18.1 Å². The number of carbonyl (C=O) groups excluding carboxylic acids is 1. The number of hydrogen-bond donors (Lipinski definition) is 1. The SMILES string of the molecule is Cc1cc(NC(=O)CN(C(C)C)S(C)(=O)=O)ccc1Br. The molecular formula is C13H19BrN2O3S. The van der Waals surface area contributed by atoms with E-state index in [-0.39, 0.29) is 18.5 Å². The summed E-state index contributed by atoms with van der Waals surface area (Å²) in [5.74, 6) is -0.356. The minimum atomic E-state index is -3.40. The number of carbonyl (C=O) groups is 1. The van der Waals surface area contributed by atoms with Crippen LogP contribution in [0.15, 0.2) is 22.7 Å². The first-order valence-electron chi connectivity index (χ1n) is 6.14. The van der Waals surface area contributed by atoms with Gasteiger partial charge in [0.1, 0.15) is 0 Å². The first-order valence-corrected chi connectivity index (χ1v) is 8.78. The number of amides is 1. The zero-order valence-corrected chi connectivity index (χ0v) is 14.4. The second-order valence-electron chi connectivity index (χ2n) is 4.91. The maximum absolute atomic E-state index is 11.9. The van der Waals surface area contributed by atoms with Gasteiger partial charge in [0.2, 0.25) is 15.9 Å². The number of anilines is 1. The Morgan fingerprint density at radius 2 is 2.00 bits per heavy atom. The van der Waals surface area contributed by atoms with E-state index in [0.717, 1.165) is 20.6 Å². The highest BCUT2D eigenvalue weighted by molar-refractivity contribution is 9.10. The standard InChI is InChI=1S/C13H19BrN2O3S/c1-9(2)16(20(4,18)19)8-13(17)15-11-5-6-12(14)10(3)7-11/h5-7,9H,8H2,1-4H3,(H,15,17). The van der Waals surface area contributed by atoms with Gasteiger partial charge in [-0.2, -0.15) is 4.31 Å². The quantitative estimate of drug-likeness (QED) is 0.874. The third kappa shape index (κ3) is 4.88. The fourth-order valence-electron chi connectivity index (χ4n) is 1.75. The number of benzene rings is 1. The van der Waals surface area contributed by atoms with E-state index in [1.165, 1.54) is 0 Å². The molecule has 0 bridgehead atoms. The summed E-state index contributed by atoms with van der Waals surface area (Å²) in [6.07, 6.45) is 1.10. The third-order valence-corrected chi connectivity index (χ3v) is 5.04. The Kier molecular flexibility index (Phi) is 5.73. The zero-order valence-electron chi connectivity index (χ0n) is 12.0. The van der Waals surface area contributed by atoms with Gasteiger partial charge in [-0.15, -0.1) is 0 Å². The van der Waals surface area contributed by atoms with Crippen LogP contribution >= 0.6 is 15.9 Å². The van der Waals surface area contributed by atoms with Gasteiger partial charge in [0.05, 0.1) is 12.8 Å². The number of aryl methyl sites for hydroxylation is 1. The van der Waals surface area contributed by atoms with Gasteiger partial charge in [0.25, 0.3) is 0 Å². The van der Waals surface area contributed by atoms with Crippen LogP contribution in [0.2, 0.25) is 0 Å². The van der Waals surface area contributed by atoms with Crippen LogP contribution in [0.5, 0.6) is 0 Å². The second-order valence-corrected chi connectivity index (χ2v) is 7.70. The lowest BCUT2D eigenvalue weighted by molar-refractivity contribution is -0.116. The molecule has 0 atom stereocenters. The van der Waals surface area contributed by atoms with Crippen LogP contribution in [0.1, 0.15) is 19.4 Å². The van der Waals surface area contributed by atoms with Gasteiger partial charge in [-0.05, 0) is 44.5 Å². The van der Waals surface area contributed by atoms with Crippen molar-refractivity contribution in [3.8, 4) is 0 Å². The first-order chi connectivity index (χ1) is 9.11. The molecule has 112 valence electrons. The summed E-state index contributed by atoms with van der Waals surface area (Å²) in [5.41, 5.74) is 1.64. The smallest absolute Gasteiger partial charge is 0.239 e. The fourth-order valence-corrected chi connectivity index (χ4v) is 3.11. The summed E-state index contributed by atoms with van der Waals surface area (Å²) in [6.45, 7) is 5.19. The molecule has 0 heterocycles. The molecular weight excluding hydrogens is 344 g/mol. The highest BCUT2D eigenvalue weighted by Gasteiger charge is 2.23. The summed E-state index contributed by atoms with van der Waals surface area (Å²) in [7, 11) is -3.40. The Hall–Kier alpha value is -0.920. The lowest BCUT2D eigenvalue weighted by Gasteiger charge is -2.23. The molecule has 0 aromatic heterocycles. The van der Waals surface area contributed by atoms with E-state index in [9.17, 15) is 13.2 Å². The highest BCUT2D eigenvalue weighted by Crippen LogP contribution is 2.20. The van der Waals surface area contributed by atoms with Crippen LogP contribution in [-0.4, -0.2) is 37.5 Å². The van der Waals surface area contributed by atoms with Gasteiger partial charge in [0, 0.05) is 16.2 Å². The minimum Gasteiger partial charge on any atom is -0.325 e. The Morgan fingerprint density at radius 1 is 1.40 bits per heavy atom. The van der Waals surface area contributed by atoms with Gasteiger partial charge in [-0.1, -0.05) is 15.9 Å². The second kappa shape index (κ2) is 6.69. The van der Waals surface area contributed by atoms with Crippen molar-refractivity contribution in [1.82, 2.24) is 4.31 Å². The summed E-state index contributed by atoms with van der Waals surface area (Å²) < 4.78 is 25.3. The number of halogens is 1. The molecule has 1 aromatic carbocycles. The summed E-state index contributed by atoms with van der Waals surface area (Å²) >= 11 is 3.38. The number of rotatable bonds is 5. The van der Waals surface area contributed by atoms with Gasteiger partial charge in [-0.3, -0.25) is 4.79 Å². The van der Waals surface area contributed by atoms with Crippen molar-refractivity contribution in [3.63, 3.8) is 0 Å². The zero-order chi connectivity index (χ0) is 15.5. The highest BCUT2D eigenvalue weighted by atomic mass is 79.9. The molecule has 0 spiro atoms. The van der Waals surface area contributed by atoms with Gasteiger partial charge in [0.15, 0.2) is 0 Å². The minimum absolute atomic E-state index is 0.189. The number of hydrogen-bond acceptors (Lipinski definition) is 3. The Labute approximate surface area is 128 Å². The lowest BCUT2D eigenvalue weighted by atomic mass is 10.2. The predicted octanol–water partition coefficient (Wildman–Crippen LogP) is 2.37. The average molecular weight is 363 g/mol. The van der Waals surface area contributed by atoms with Crippen LogP contribution in [-0.2, 0) is 14.8 Å². The van der Waals surface area contributed by atoms with Crippen LogP contribution in [0.25, 0.3) is 0 Å². The maximum Gasteiger partial charge on any atom is 0.239 e. The first kappa shape index (κ1) is 17.1. The molecule has 0 fully saturated rings. The number of sulfonamides is 1. The van der Waals surface area contributed by atoms with E-state index in [1.54, 1.807) is 19.9 Å². The Morgan fingerprint density at radius 3 is 2.45 bits per heavy atom. The maximum atomic E-state index is 11.9. The van der Waals surface area contributed by atoms with Gasteiger partial charge in [-0.25, -0.2) is 8.42 Å². The summed E-state index contributed by atoms with van der Waals surface area (Å²) in [5, 5.41) is 2.70. The molecule has 5 nitrogen and oxygen atoms in total. The molecule has 1 amide bonds. The van der Waals surface area contributed by atoms with Crippen LogP contribution in [0.4, 0.5) is 5.69 Å². The van der Waals surface area contributed by atoms with E-state index < -0.39 is 10.0 Å². The third-order valence-electron chi connectivity index (χ3n) is 2.74. The molecule has 0 saturated carbocycles. The van der Waals surface area contributed by atoms with Crippen molar-refractivity contribution in [1.29, 1.82) is 0 Å². The summed E-state index contributed by atoms with van der Waals surface area (Å²) in [6, 6.07) is 5.15. The van der Waals surface area contributed by atoms with Crippen LogP contribution in [0.3, 0.4) is 0 Å². The monoisotopic (exact) mass is 362 g/mol. The van der Waals surface area contributed by atoms with E-state index in [4.69, 9.17) is 0 Å². The molecule has 0 aliphatic carbocycles. The molecule has 0 unspecified atom stereocenters. The molecule has 1 rings (SSSR count). The van der Waals surface area contributed by atoms with Crippen molar-refractivity contribution in [3.05, 3.63) is 28.2 Å². The van der Waals surface area contributed by atoms with Crippen molar-refractivity contribution in [2.24, 2.45) is 0 Å². The molecule has 20 heavy (non-hydrogen) atoms. The fraction of sp³-hybridized carbons (Fsp3) is 0.462. The topological polar surface area (TPSA) is 66.5 Å². The molecule has 0 saturated heterocycles. The molecule has 0 aliphatic rings. The van der Waals surface area contributed by atoms with Crippen molar-refractivity contribution < 1.29 is 13.2 Å². The van der Waals surface area contributed by atoms with E-state index in [0.29, 0.717) is 5.69 Å². The molecule has 0 aliphatic heterocycles. The average Bonchev–Trinajstić information content (AvgIpc) is 2.29. The van der Waals surface area contributed by atoms with Gasteiger partial charge >= 0.3 is 0 Å². The van der Waals surface area contributed by atoms with Crippen LogP contribution < -0.4 is 5.32 Å². The van der Waals surface area contributed by atoms with Crippen molar-refractivity contribution >= 4 is 37.5 Å². The Bertz CT molecular complexity index is 600. The molecule has 7 heteroatoms. The predicted molar refractivity (Wildman–Crippen MR) is 84.2 cm³/mol. The molecule has 1 aromatic rings. The largest absolute Gasteiger partial charge is 0.325 e. The molecule has 1 N–H and O–H groups in total. The number of nitrogens with one attached hydrogen (secondary N) is 1. The van der Waals surface area contributed by atoms with E-state index in [1.807, 2.05) is 19.1 Å². The van der Waals surface area contributed by atoms with E-state index >= 15 is 0 Å². The molecule has 0 radical (unpaired) electrons. The van der Waals surface area contributed by atoms with Crippen molar-refractivity contribution in [2.45, 2.75) is 26.8 Å².